The van der Waals surface area contributed by atoms with Gasteiger partial charge in [-0.1, -0.05) is 0 Å². The summed E-state index contributed by atoms with van der Waals surface area (Å²) in [5.74, 6) is 1.77. The first-order chi connectivity index (χ1) is 7.19. The van der Waals surface area contributed by atoms with Gasteiger partial charge in [-0.25, -0.2) is 9.38 Å². The van der Waals surface area contributed by atoms with Gasteiger partial charge in [0.1, 0.15) is 11.5 Å². The molecular formula is C10H13N3O2. The highest BCUT2D eigenvalue weighted by molar-refractivity contribution is 5.58. The zero-order chi connectivity index (χ0) is 11.0. The number of nitrogens with zero attached hydrogens (tertiary/aromatic N) is 2. The largest absolute Gasteiger partial charge is 0.491 e. The van der Waals surface area contributed by atoms with Crippen molar-refractivity contribution in [3.8, 4) is 11.6 Å². The van der Waals surface area contributed by atoms with Gasteiger partial charge >= 0.3 is 0 Å². The summed E-state index contributed by atoms with van der Waals surface area (Å²) in [6.07, 6.45) is 0. The zero-order valence-electron chi connectivity index (χ0n) is 8.94. The second-order valence-electron chi connectivity index (χ2n) is 3.19. The normalized spacial score (nSPS) is 10.6. The van der Waals surface area contributed by atoms with Crippen LogP contribution >= 0.6 is 0 Å². The summed E-state index contributed by atoms with van der Waals surface area (Å²) in [5, 5.41) is 0. The van der Waals surface area contributed by atoms with Gasteiger partial charge in [-0.3, -0.25) is 0 Å². The van der Waals surface area contributed by atoms with Gasteiger partial charge in [0.05, 0.1) is 19.9 Å². The van der Waals surface area contributed by atoms with Crippen LogP contribution in [0.15, 0.2) is 12.1 Å². The van der Waals surface area contributed by atoms with Crippen LogP contribution in [0.25, 0.3) is 5.65 Å². The van der Waals surface area contributed by atoms with E-state index in [1.54, 1.807) is 24.7 Å². The molecule has 0 saturated carbocycles. The molecule has 0 aliphatic heterocycles. The Morgan fingerprint density at radius 3 is 2.60 bits per heavy atom. The van der Waals surface area contributed by atoms with E-state index in [0.717, 1.165) is 11.3 Å². The van der Waals surface area contributed by atoms with E-state index in [1.807, 2.05) is 13.0 Å². The summed E-state index contributed by atoms with van der Waals surface area (Å²) in [6.45, 7) is 1.86. The molecule has 0 saturated heterocycles. The Morgan fingerprint density at radius 2 is 2.00 bits per heavy atom. The summed E-state index contributed by atoms with van der Waals surface area (Å²) in [6, 6.07) is 3.64. The number of rotatable bonds is 2. The third kappa shape index (κ3) is 1.27. The fourth-order valence-corrected chi connectivity index (χ4v) is 1.57. The number of methoxy groups -OCH3 is 2. The molecule has 2 rings (SSSR count). The number of hydrogen-bond donors (Lipinski definition) is 1. The fourth-order valence-electron chi connectivity index (χ4n) is 1.57. The molecule has 0 aliphatic carbocycles. The smallest absolute Gasteiger partial charge is 0.244 e. The molecular weight excluding hydrogens is 194 g/mol. The quantitative estimate of drug-likeness (QED) is 0.804. The molecule has 0 unspecified atom stereocenters. The molecule has 0 fully saturated rings. The molecule has 80 valence electrons. The SMILES string of the molecule is COc1ccc2nc(C)c(N)n2c1OC. The number of nitrogen functional groups attached to an aromatic ring is 1. The molecule has 0 amide bonds. The first-order valence-corrected chi connectivity index (χ1v) is 4.54. The van der Waals surface area contributed by atoms with Crippen molar-refractivity contribution in [3.05, 3.63) is 17.8 Å². The molecule has 0 atom stereocenters. The van der Waals surface area contributed by atoms with Crippen LogP contribution < -0.4 is 15.2 Å². The standard InChI is InChI=1S/C10H13N3O2/c1-6-9(11)13-8(12-6)5-4-7(14-2)10(13)15-3/h4-5H,11H2,1-3H3. The minimum Gasteiger partial charge on any atom is -0.491 e. The van der Waals surface area contributed by atoms with Crippen LogP contribution in [0.5, 0.6) is 11.6 Å². The van der Waals surface area contributed by atoms with E-state index in [2.05, 4.69) is 4.98 Å². The summed E-state index contributed by atoms with van der Waals surface area (Å²) in [5.41, 5.74) is 7.43. The predicted octanol–water partition coefficient (Wildman–Crippen LogP) is 1.24. The van der Waals surface area contributed by atoms with E-state index >= 15 is 0 Å². The monoisotopic (exact) mass is 207 g/mol. The van der Waals surface area contributed by atoms with Crippen molar-refractivity contribution in [3.63, 3.8) is 0 Å². The number of aryl methyl sites for hydroxylation is 1. The molecule has 5 nitrogen and oxygen atoms in total. The van der Waals surface area contributed by atoms with E-state index in [4.69, 9.17) is 15.2 Å². The molecule has 15 heavy (non-hydrogen) atoms. The Bertz CT molecular complexity index is 505. The summed E-state index contributed by atoms with van der Waals surface area (Å²) in [4.78, 5) is 4.30. The minimum atomic E-state index is 0.563. The van der Waals surface area contributed by atoms with Crippen LogP contribution in [0.4, 0.5) is 5.82 Å². The number of aromatic nitrogens is 2. The predicted molar refractivity (Wildman–Crippen MR) is 57.4 cm³/mol. The molecule has 0 spiro atoms. The van der Waals surface area contributed by atoms with Gasteiger partial charge in [-0.05, 0) is 19.1 Å². The van der Waals surface area contributed by atoms with Crippen LogP contribution in [-0.2, 0) is 0 Å². The van der Waals surface area contributed by atoms with E-state index in [0.29, 0.717) is 17.4 Å². The van der Waals surface area contributed by atoms with E-state index < -0.39 is 0 Å². The molecule has 0 aliphatic rings. The number of fused-ring (bicyclic) bond motifs is 1. The highest BCUT2D eigenvalue weighted by Gasteiger charge is 2.13. The number of pyridine rings is 1. The van der Waals surface area contributed by atoms with Crippen molar-refractivity contribution in [1.82, 2.24) is 9.38 Å². The van der Waals surface area contributed by atoms with Crippen molar-refractivity contribution in [2.75, 3.05) is 20.0 Å². The van der Waals surface area contributed by atoms with Gasteiger partial charge in [0.2, 0.25) is 5.88 Å². The minimum absolute atomic E-state index is 0.563. The fraction of sp³-hybridized carbons (Fsp3) is 0.300. The Morgan fingerprint density at radius 1 is 1.27 bits per heavy atom. The average molecular weight is 207 g/mol. The maximum Gasteiger partial charge on any atom is 0.244 e. The molecule has 5 heteroatoms. The first kappa shape index (κ1) is 9.64. The average Bonchev–Trinajstić information content (AvgIpc) is 2.54. The van der Waals surface area contributed by atoms with Crippen LogP contribution in [-0.4, -0.2) is 23.6 Å². The van der Waals surface area contributed by atoms with Crippen molar-refractivity contribution in [2.45, 2.75) is 6.92 Å². The third-order valence-electron chi connectivity index (χ3n) is 2.33. The lowest BCUT2D eigenvalue weighted by atomic mass is 10.4. The summed E-state index contributed by atoms with van der Waals surface area (Å²) in [7, 11) is 3.16. The molecule has 2 aromatic heterocycles. The van der Waals surface area contributed by atoms with Crippen molar-refractivity contribution in [2.24, 2.45) is 0 Å². The van der Waals surface area contributed by atoms with Crippen molar-refractivity contribution in [1.29, 1.82) is 0 Å². The third-order valence-corrected chi connectivity index (χ3v) is 2.33. The van der Waals surface area contributed by atoms with Crippen LogP contribution in [0.3, 0.4) is 0 Å². The lowest BCUT2D eigenvalue weighted by Gasteiger charge is -2.09. The van der Waals surface area contributed by atoms with Gasteiger partial charge in [0.15, 0.2) is 5.75 Å². The Hall–Kier alpha value is -1.91. The topological polar surface area (TPSA) is 61.8 Å². The number of hydrogen-bond acceptors (Lipinski definition) is 4. The van der Waals surface area contributed by atoms with Crippen LogP contribution in [0.1, 0.15) is 5.69 Å². The first-order valence-electron chi connectivity index (χ1n) is 4.54. The van der Waals surface area contributed by atoms with E-state index in [1.165, 1.54) is 0 Å². The van der Waals surface area contributed by atoms with Gasteiger partial charge in [0.25, 0.3) is 0 Å². The molecule has 2 aromatic rings. The lowest BCUT2D eigenvalue weighted by Crippen LogP contribution is -2.01. The van der Waals surface area contributed by atoms with Crippen LogP contribution in [0.2, 0.25) is 0 Å². The Labute approximate surface area is 87.4 Å². The highest BCUT2D eigenvalue weighted by Crippen LogP contribution is 2.30. The number of nitrogens with two attached hydrogens (primary N) is 1. The maximum absolute atomic E-state index is 5.90. The Balaban J connectivity index is 2.85. The molecule has 0 aromatic carbocycles. The Kier molecular flexibility index (Phi) is 2.15. The van der Waals surface area contributed by atoms with Gasteiger partial charge in [0, 0.05) is 0 Å². The van der Waals surface area contributed by atoms with E-state index in [-0.39, 0.29) is 0 Å². The van der Waals surface area contributed by atoms with Crippen LogP contribution in [0, 0.1) is 6.92 Å². The summed E-state index contributed by atoms with van der Waals surface area (Å²) < 4.78 is 12.2. The number of ether oxygens (including phenoxy) is 2. The van der Waals surface area contributed by atoms with Gasteiger partial charge in [-0.2, -0.15) is 0 Å². The zero-order valence-corrected chi connectivity index (χ0v) is 8.94. The van der Waals surface area contributed by atoms with Crippen molar-refractivity contribution < 1.29 is 9.47 Å². The maximum atomic E-state index is 5.90. The molecule has 0 bridgehead atoms. The second-order valence-corrected chi connectivity index (χ2v) is 3.19. The van der Waals surface area contributed by atoms with Gasteiger partial charge in [-0.15, -0.1) is 0 Å². The van der Waals surface area contributed by atoms with Gasteiger partial charge < -0.3 is 15.2 Å². The second kappa shape index (κ2) is 3.34. The highest BCUT2D eigenvalue weighted by atomic mass is 16.5. The van der Waals surface area contributed by atoms with E-state index in [9.17, 15) is 0 Å². The van der Waals surface area contributed by atoms with Crippen molar-refractivity contribution >= 4 is 11.5 Å². The molecule has 0 radical (unpaired) electrons. The number of imidazole rings is 1. The summed E-state index contributed by atoms with van der Waals surface area (Å²) >= 11 is 0. The molecule has 2 heterocycles. The number of anilines is 1. The molecule has 2 N–H and O–H groups in total. The lowest BCUT2D eigenvalue weighted by molar-refractivity contribution is 0.340.